The molecule has 0 spiro atoms. The van der Waals surface area contributed by atoms with Gasteiger partial charge in [0.05, 0.1) is 12.2 Å². The molecule has 0 aliphatic heterocycles. The minimum absolute atomic E-state index is 0.605. The molecule has 0 aliphatic carbocycles. The highest BCUT2D eigenvalue weighted by Gasteiger charge is 2.14. The fourth-order valence-corrected chi connectivity index (χ4v) is 1.85. The third-order valence-electron chi connectivity index (χ3n) is 2.89. The lowest BCUT2D eigenvalue weighted by Gasteiger charge is -2.24. The van der Waals surface area contributed by atoms with Gasteiger partial charge in [-0.1, -0.05) is 0 Å². The summed E-state index contributed by atoms with van der Waals surface area (Å²) in [5, 5.41) is 9.27. The maximum atomic E-state index is 9.27. The van der Waals surface area contributed by atoms with E-state index < -0.39 is 0 Å². The molecule has 1 aromatic rings. The fourth-order valence-electron chi connectivity index (χ4n) is 1.85. The van der Waals surface area contributed by atoms with Crippen molar-refractivity contribution in [3.05, 3.63) is 23.4 Å². The van der Waals surface area contributed by atoms with Crippen molar-refractivity contribution in [1.82, 2.24) is 4.98 Å². The maximum absolute atomic E-state index is 9.27. The van der Waals surface area contributed by atoms with E-state index in [4.69, 9.17) is 9.47 Å². The second-order valence-corrected chi connectivity index (χ2v) is 4.26. The molecule has 0 unspecified atom stereocenters. The third kappa shape index (κ3) is 4.51. The Morgan fingerprint density at radius 1 is 1.26 bits per heavy atom. The van der Waals surface area contributed by atoms with Crippen LogP contribution in [0, 0.1) is 18.3 Å². The van der Waals surface area contributed by atoms with Crippen LogP contribution in [0.4, 0.5) is 5.82 Å². The van der Waals surface area contributed by atoms with Gasteiger partial charge in [-0.2, -0.15) is 5.26 Å². The summed E-state index contributed by atoms with van der Waals surface area (Å²) in [6.07, 6.45) is 2.63. The van der Waals surface area contributed by atoms with Crippen LogP contribution in [0.3, 0.4) is 0 Å². The number of anilines is 1. The molecule has 19 heavy (non-hydrogen) atoms. The van der Waals surface area contributed by atoms with Crippen molar-refractivity contribution in [2.24, 2.45) is 0 Å². The van der Waals surface area contributed by atoms with E-state index in [0.717, 1.165) is 24.3 Å². The van der Waals surface area contributed by atoms with Crippen molar-refractivity contribution in [3.8, 4) is 6.07 Å². The average Bonchev–Trinajstić information content (AvgIpc) is 2.42. The number of methoxy groups -OCH3 is 2. The number of hydrogen-bond donors (Lipinski definition) is 0. The van der Waals surface area contributed by atoms with Crippen LogP contribution in [-0.2, 0) is 9.47 Å². The first-order valence-corrected chi connectivity index (χ1v) is 6.33. The molecule has 0 N–H and O–H groups in total. The first-order valence-electron chi connectivity index (χ1n) is 6.33. The van der Waals surface area contributed by atoms with Crippen molar-refractivity contribution in [3.63, 3.8) is 0 Å². The van der Waals surface area contributed by atoms with E-state index in [1.54, 1.807) is 20.4 Å². The van der Waals surface area contributed by atoms with Crippen LogP contribution in [0.1, 0.15) is 17.5 Å². The second kappa shape index (κ2) is 8.46. The van der Waals surface area contributed by atoms with Gasteiger partial charge in [-0.25, -0.2) is 4.98 Å². The first kappa shape index (κ1) is 15.4. The predicted octanol–water partition coefficient (Wildman–Crippen LogP) is 1.75. The second-order valence-electron chi connectivity index (χ2n) is 4.26. The lowest BCUT2D eigenvalue weighted by atomic mass is 10.1. The van der Waals surface area contributed by atoms with E-state index >= 15 is 0 Å². The molecule has 1 heterocycles. The van der Waals surface area contributed by atoms with Crippen LogP contribution in [0.5, 0.6) is 0 Å². The summed E-state index contributed by atoms with van der Waals surface area (Å²) in [7, 11) is 3.35. The van der Waals surface area contributed by atoms with Crippen molar-refractivity contribution in [1.29, 1.82) is 5.26 Å². The molecule has 0 amide bonds. The minimum atomic E-state index is 0.605. The summed E-state index contributed by atoms with van der Waals surface area (Å²) in [6, 6.07) is 4.09. The summed E-state index contributed by atoms with van der Waals surface area (Å²) in [6.45, 7) is 4.73. The van der Waals surface area contributed by atoms with Crippen molar-refractivity contribution in [2.45, 2.75) is 13.3 Å². The highest BCUT2D eigenvalue weighted by atomic mass is 16.5. The summed E-state index contributed by atoms with van der Waals surface area (Å²) < 4.78 is 10.2. The largest absolute Gasteiger partial charge is 0.385 e. The molecule has 0 atom stereocenters. The van der Waals surface area contributed by atoms with Crippen molar-refractivity contribution < 1.29 is 9.47 Å². The Balaban J connectivity index is 2.89. The standard InChI is InChI=1S/C14H21N3O2/c1-12-5-6-16-14(13(12)11-15)17(8-10-19-3)7-4-9-18-2/h5-6H,4,7-10H2,1-3H3. The molecule has 1 rings (SSSR count). The lowest BCUT2D eigenvalue weighted by molar-refractivity contribution is 0.191. The molecular formula is C14H21N3O2. The third-order valence-corrected chi connectivity index (χ3v) is 2.89. The van der Waals surface area contributed by atoms with Crippen LogP contribution in [0.2, 0.25) is 0 Å². The summed E-state index contributed by atoms with van der Waals surface area (Å²) in [5.41, 5.74) is 1.58. The molecule has 1 aromatic heterocycles. The van der Waals surface area contributed by atoms with E-state index in [9.17, 15) is 5.26 Å². The van der Waals surface area contributed by atoms with Crippen LogP contribution in [-0.4, -0.2) is 45.5 Å². The molecule has 5 heteroatoms. The Bertz CT molecular complexity index is 429. The predicted molar refractivity (Wildman–Crippen MR) is 74.3 cm³/mol. The Hall–Kier alpha value is -1.64. The number of ether oxygens (including phenoxy) is 2. The van der Waals surface area contributed by atoms with Crippen LogP contribution in [0.25, 0.3) is 0 Å². The molecule has 5 nitrogen and oxygen atoms in total. The maximum Gasteiger partial charge on any atom is 0.146 e. The van der Waals surface area contributed by atoms with Gasteiger partial charge in [0.1, 0.15) is 11.9 Å². The molecule has 104 valence electrons. The zero-order valence-electron chi connectivity index (χ0n) is 11.8. The Morgan fingerprint density at radius 3 is 2.63 bits per heavy atom. The summed E-state index contributed by atoms with van der Waals surface area (Å²) in [4.78, 5) is 6.43. The molecule has 0 aliphatic rings. The van der Waals surface area contributed by atoms with Gasteiger partial charge in [0.25, 0.3) is 0 Å². The van der Waals surface area contributed by atoms with E-state index in [1.165, 1.54) is 0 Å². The quantitative estimate of drug-likeness (QED) is 0.669. The smallest absolute Gasteiger partial charge is 0.146 e. The van der Waals surface area contributed by atoms with E-state index in [0.29, 0.717) is 25.3 Å². The van der Waals surface area contributed by atoms with Crippen molar-refractivity contribution >= 4 is 5.82 Å². The zero-order chi connectivity index (χ0) is 14.1. The van der Waals surface area contributed by atoms with E-state index in [-0.39, 0.29) is 0 Å². The molecule has 0 saturated carbocycles. The molecular weight excluding hydrogens is 242 g/mol. The Kier molecular flexibility index (Phi) is 6.86. The average molecular weight is 263 g/mol. The van der Waals surface area contributed by atoms with E-state index in [1.807, 2.05) is 13.0 Å². The van der Waals surface area contributed by atoms with Crippen LogP contribution < -0.4 is 4.90 Å². The molecule has 0 fully saturated rings. The van der Waals surface area contributed by atoms with Gasteiger partial charge in [-0.15, -0.1) is 0 Å². The number of nitriles is 1. The van der Waals surface area contributed by atoms with Gasteiger partial charge in [0.2, 0.25) is 0 Å². The SMILES string of the molecule is COCCCN(CCOC)c1nccc(C)c1C#N. The Morgan fingerprint density at radius 2 is 2.00 bits per heavy atom. The number of pyridine rings is 1. The van der Waals surface area contributed by atoms with Gasteiger partial charge >= 0.3 is 0 Å². The number of hydrogen-bond acceptors (Lipinski definition) is 5. The number of aromatic nitrogens is 1. The number of nitrogens with zero attached hydrogens (tertiary/aromatic N) is 3. The fraction of sp³-hybridized carbons (Fsp3) is 0.571. The topological polar surface area (TPSA) is 58.4 Å². The molecule has 0 saturated heterocycles. The number of aryl methyl sites for hydroxylation is 1. The Labute approximate surface area is 114 Å². The monoisotopic (exact) mass is 263 g/mol. The lowest BCUT2D eigenvalue weighted by Crippen LogP contribution is -2.30. The summed E-state index contributed by atoms with van der Waals surface area (Å²) in [5.74, 6) is 0.732. The first-order chi connectivity index (χ1) is 9.24. The van der Waals surface area contributed by atoms with Crippen LogP contribution in [0.15, 0.2) is 12.3 Å². The highest BCUT2D eigenvalue weighted by molar-refractivity contribution is 5.57. The van der Waals surface area contributed by atoms with Gasteiger partial charge in [-0.05, 0) is 25.0 Å². The van der Waals surface area contributed by atoms with Gasteiger partial charge < -0.3 is 14.4 Å². The van der Waals surface area contributed by atoms with Gasteiger partial charge in [0.15, 0.2) is 0 Å². The van der Waals surface area contributed by atoms with Crippen molar-refractivity contribution in [2.75, 3.05) is 45.4 Å². The minimum Gasteiger partial charge on any atom is -0.385 e. The van der Waals surface area contributed by atoms with E-state index in [2.05, 4.69) is 16.0 Å². The van der Waals surface area contributed by atoms with Crippen LogP contribution >= 0.6 is 0 Å². The highest BCUT2D eigenvalue weighted by Crippen LogP contribution is 2.20. The molecule has 0 aromatic carbocycles. The summed E-state index contributed by atoms with van der Waals surface area (Å²) >= 11 is 0. The van der Waals surface area contributed by atoms with Gasteiger partial charge in [-0.3, -0.25) is 0 Å². The van der Waals surface area contributed by atoms with Gasteiger partial charge in [0, 0.05) is 40.1 Å². The number of rotatable bonds is 8. The molecule has 0 radical (unpaired) electrons. The zero-order valence-corrected chi connectivity index (χ0v) is 11.8. The normalized spacial score (nSPS) is 10.2. The molecule has 0 bridgehead atoms.